The van der Waals surface area contributed by atoms with Crippen LogP contribution in [0.1, 0.15) is 42.1 Å². The number of likely N-dealkylation sites (tertiary alicyclic amines) is 1. The van der Waals surface area contributed by atoms with Crippen LogP contribution in [0, 0.1) is 0 Å². The Balaban J connectivity index is 1.47. The maximum atomic E-state index is 12.8. The molecule has 1 aromatic carbocycles. The molecule has 2 aliphatic heterocycles. The zero-order chi connectivity index (χ0) is 20.4. The number of anilines is 1. The van der Waals surface area contributed by atoms with Crippen LogP contribution in [0.25, 0.3) is 0 Å². The first-order valence-corrected chi connectivity index (χ1v) is 10.5. The van der Waals surface area contributed by atoms with Gasteiger partial charge in [0.05, 0.1) is 24.0 Å². The van der Waals surface area contributed by atoms with Crippen molar-refractivity contribution in [3.8, 4) is 0 Å². The fraction of sp³-hybridized carbons (Fsp3) is 0.476. The summed E-state index contributed by atoms with van der Waals surface area (Å²) < 4.78 is 1.50. The molecule has 0 saturated carbocycles. The van der Waals surface area contributed by atoms with Gasteiger partial charge in [-0.25, -0.2) is 4.68 Å². The minimum absolute atomic E-state index is 0.0529. The van der Waals surface area contributed by atoms with Crippen LogP contribution >= 0.6 is 11.6 Å². The Kier molecular flexibility index (Phi) is 5.87. The third kappa shape index (κ3) is 4.46. The lowest BCUT2D eigenvalue weighted by Crippen LogP contribution is -2.44. The minimum atomic E-state index is -0.258. The van der Waals surface area contributed by atoms with Gasteiger partial charge in [0.2, 0.25) is 0 Å². The minimum Gasteiger partial charge on any atom is -0.393 e. The van der Waals surface area contributed by atoms with Crippen LogP contribution in [-0.4, -0.2) is 58.0 Å². The van der Waals surface area contributed by atoms with Crippen molar-refractivity contribution in [3.05, 3.63) is 57.5 Å². The molecule has 4 rings (SSSR count). The van der Waals surface area contributed by atoms with E-state index in [9.17, 15) is 14.7 Å². The van der Waals surface area contributed by atoms with E-state index in [4.69, 9.17) is 11.6 Å². The maximum absolute atomic E-state index is 12.8. The molecular weight excluding hydrogens is 392 g/mol. The van der Waals surface area contributed by atoms with Gasteiger partial charge in [-0.05, 0) is 49.9 Å². The van der Waals surface area contributed by atoms with Crippen LogP contribution in [-0.2, 0) is 0 Å². The molecule has 0 aliphatic carbocycles. The molecule has 1 amide bonds. The Labute approximate surface area is 174 Å². The van der Waals surface area contributed by atoms with Crippen LogP contribution in [0.2, 0.25) is 5.02 Å². The molecule has 0 spiro atoms. The average molecular weight is 417 g/mol. The number of nitrogens with zero attached hydrogens (tertiary/aromatic N) is 4. The van der Waals surface area contributed by atoms with Crippen molar-refractivity contribution < 1.29 is 9.90 Å². The van der Waals surface area contributed by atoms with Crippen molar-refractivity contribution in [2.24, 2.45) is 0 Å². The van der Waals surface area contributed by atoms with Gasteiger partial charge in [-0.2, -0.15) is 5.10 Å². The van der Waals surface area contributed by atoms with Crippen LogP contribution in [0.3, 0.4) is 0 Å². The largest absolute Gasteiger partial charge is 0.393 e. The summed E-state index contributed by atoms with van der Waals surface area (Å²) in [6.45, 7) is 2.57. The molecule has 1 atom stereocenters. The Hall–Kier alpha value is -2.38. The molecule has 2 saturated heterocycles. The highest BCUT2D eigenvalue weighted by molar-refractivity contribution is 6.30. The predicted molar refractivity (Wildman–Crippen MR) is 112 cm³/mol. The van der Waals surface area contributed by atoms with E-state index in [1.54, 1.807) is 41.4 Å². The normalized spacial score (nSPS) is 20.7. The van der Waals surface area contributed by atoms with Gasteiger partial charge in [0.1, 0.15) is 0 Å². The molecule has 2 fully saturated rings. The maximum Gasteiger partial charge on any atom is 0.269 e. The topological polar surface area (TPSA) is 78.7 Å². The van der Waals surface area contributed by atoms with Gasteiger partial charge < -0.3 is 14.9 Å². The van der Waals surface area contributed by atoms with E-state index in [1.807, 2.05) is 0 Å². The van der Waals surface area contributed by atoms with Crippen LogP contribution in [0.4, 0.5) is 5.69 Å². The summed E-state index contributed by atoms with van der Waals surface area (Å²) in [6, 6.07) is 8.35. The Morgan fingerprint density at radius 3 is 2.52 bits per heavy atom. The van der Waals surface area contributed by atoms with E-state index in [-0.39, 0.29) is 23.6 Å². The number of piperidine rings is 2. The molecular formula is C21H25ClN4O3. The molecule has 0 unspecified atom stereocenters. The van der Waals surface area contributed by atoms with E-state index in [2.05, 4.69) is 10.00 Å². The Bertz CT molecular complexity index is 922. The van der Waals surface area contributed by atoms with E-state index in [0.717, 1.165) is 31.6 Å². The molecule has 0 radical (unpaired) electrons. The monoisotopic (exact) mass is 416 g/mol. The van der Waals surface area contributed by atoms with Gasteiger partial charge in [-0.1, -0.05) is 11.6 Å². The second-order valence-electron chi connectivity index (χ2n) is 7.77. The molecule has 29 heavy (non-hydrogen) atoms. The third-order valence-corrected chi connectivity index (χ3v) is 6.01. The number of aliphatic hydroxyl groups excluding tert-OH is 1. The summed E-state index contributed by atoms with van der Waals surface area (Å²) in [7, 11) is 0. The second kappa shape index (κ2) is 8.55. The molecule has 1 N–H and O–H groups in total. The van der Waals surface area contributed by atoms with E-state index in [0.29, 0.717) is 36.5 Å². The summed E-state index contributed by atoms with van der Waals surface area (Å²) in [5, 5.41) is 14.7. The zero-order valence-corrected chi connectivity index (χ0v) is 17.0. The van der Waals surface area contributed by atoms with Gasteiger partial charge in [-0.3, -0.25) is 9.59 Å². The fourth-order valence-corrected chi connectivity index (χ4v) is 4.22. The van der Waals surface area contributed by atoms with Crippen molar-refractivity contribution >= 4 is 23.2 Å². The number of rotatable bonds is 3. The molecule has 2 aliphatic rings. The van der Waals surface area contributed by atoms with Crippen LogP contribution in [0.15, 0.2) is 41.3 Å². The van der Waals surface area contributed by atoms with E-state index >= 15 is 0 Å². The smallest absolute Gasteiger partial charge is 0.269 e. The van der Waals surface area contributed by atoms with Crippen LogP contribution in [0.5, 0.6) is 0 Å². The standard InChI is InChI=1S/C21H25ClN4O3/c22-16-5-3-15(4-6-16)21(29)25-9-1-2-17(14-25)26-20(28)12-18(13-23-26)24-10-7-19(27)8-11-24/h3-6,12-13,17,19,27H,1-2,7-11,14H2/t17-/m1/s1. The number of carbonyl (C=O) groups excluding carboxylic acids is 1. The van der Waals surface area contributed by atoms with Crippen molar-refractivity contribution in [3.63, 3.8) is 0 Å². The quantitative estimate of drug-likeness (QED) is 0.830. The van der Waals surface area contributed by atoms with Crippen LogP contribution < -0.4 is 10.5 Å². The summed E-state index contributed by atoms with van der Waals surface area (Å²) in [6.07, 6.45) is 4.50. The zero-order valence-electron chi connectivity index (χ0n) is 16.2. The summed E-state index contributed by atoms with van der Waals surface area (Å²) >= 11 is 5.91. The van der Waals surface area contributed by atoms with Crippen molar-refractivity contribution in [2.45, 2.75) is 37.8 Å². The molecule has 1 aromatic heterocycles. The predicted octanol–water partition coefficient (Wildman–Crippen LogP) is 2.34. The molecule has 8 heteroatoms. The van der Waals surface area contributed by atoms with E-state index < -0.39 is 0 Å². The van der Waals surface area contributed by atoms with Gasteiger partial charge in [0.15, 0.2) is 0 Å². The average Bonchev–Trinajstić information content (AvgIpc) is 2.74. The molecule has 3 heterocycles. The molecule has 2 aromatic rings. The van der Waals surface area contributed by atoms with Gasteiger partial charge in [0.25, 0.3) is 11.5 Å². The number of benzene rings is 1. The third-order valence-electron chi connectivity index (χ3n) is 5.76. The fourth-order valence-electron chi connectivity index (χ4n) is 4.09. The first kappa shape index (κ1) is 19.9. The molecule has 0 bridgehead atoms. The summed E-state index contributed by atoms with van der Waals surface area (Å²) in [5.74, 6) is -0.0529. The number of aromatic nitrogens is 2. The van der Waals surface area contributed by atoms with Gasteiger partial charge in [0, 0.05) is 42.8 Å². The number of halogens is 1. The van der Waals surface area contributed by atoms with Crippen molar-refractivity contribution in [2.75, 3.05) is 31.1 Å². The number of hydrogen-bond donors (Lipinski definition) is 1. The second-order valence-corrected chi connectivity index (χ2v) is 8.21. The highest BCUT2D eigenvalue weighted by atomic mass is 35.5. The van der Waals surface area contributed by atoms with Crippen molar-refractivity contribution in [1.29, 1.82) is 0 Å². The van der Waals surface area contributed by atoms with E-state index in [1.165, 1.54) is 4.68 Å². The Morgan fingerprint density at radius 1 is 1.10 bits per heavy atom. The van der Waals surface area contributed by atoms with Gasteiger partial charge in [-0.15, -0.1) is 0 Å². The lowest BCUT2D eigenvalue weighted by atomic mass is 10.0. The Morgan fingerprint density at radius 2 is 1.83 bits per heavy atom. The lowest BCUT2D eigenvalue weighted by molar-refractivity contribution is 0.0670. The summed E-state index contributed by atoms with van der Waals surface area (Å²) in [4.78, 5) is 29.4. The first-order chi connectivity index (χ1) is 14.0. The number of aliphatic hydroxyl groups is 1. The first-order valence-electron chi connectivity index (χ1n) is 10.1. The number of hydrogen-bond acceptors (Lipinski definition) is 5. The number of amides is 1. The van der Waals surface area contributed by atoms with Crippen molar-refractivity contribution in [1.82, 2.24) is 14.7 Å². The molecule has 7 nitrogen and oxygen atoms in total. The SMILES string of the molecule is O=C(c1ccc(Cl)cc1)N1CCC[C@@H](n2ncc(N3CCC(O)CC3)cc2=O)C1. The highest BCUT2D eigenvalue weighted by Gasteiger charge is 2.27. The lowest BCUT2D eigenvalue weighted by Gasteiger charge is -2.34. The molecule has 154 valence electrons. The van der Waals surface area contributed by atoms with Gasteiger partial charge >= 0.3 is 0 Å². The summed E-state index contributed by atoms with van der Waals surface area (Å²) in [5.41, 5.74) is 1.24. The number of carbonyl (C=O) groups is 1. The highest BCUT2D eigenvalue weighted by Crippen LogP contribution is 2.23.